The van der Waals surface area contributed by atoms with Crippen LogP contribution in [0.5, 0.6) is 17.2 Å². The Hall–Kier alpha value is -2.23. The van der Waals surface area contributed by atoms with Gasteiger partial charge in [0.05, 0.1) is 13.0 Å². The van der Waals surface area contributed by atoms with E-state index in [9.17, 15) is 9.90 Å². The highest BCUT2D eigenvalue weighted by Gasteiger charge is 2.36. The first kappa shape index (κ1) is 15.2. The molecule has 4 heteroatoms. The van der Waals surface area contributed by atoms with Gasteiger partial charge >= 0.3 is 5.97 Å². The van der Waals surface area contributed by atoms with E-state index in [-0.39, 0.29) is 23.1 Å². The highest BCUT2D eigenvalue weighted by molar-refractivity contribution is 5.79. The summed E-state index contributed by atoms with van der Waals surface area (Å²) in [6.07, 6.45) is 8.53. The van der Waals surface area contributed by atoms with Gasteiger partial charge in [-0.3, -0.25) is 4.79 Å². The average molecular weight is 288 g/mol. The van der Waals surface area contributed by atoms with E-state index in [1.807, 2.05) is 38.2 Å². The maximum Gasteiger partial charge on any atom is 0.319 e. The van der Waals surface area contributed by atoms with Crippen LogP contribution in [0.1, 0.15) is 20.3 Å². The largest absolute Gasteiger partial charge is 0.504 e. The van der Waals surface area contributed by atoms with Crippen molar-refractivity contribution in [3.8, 4) is 17.2 Å². The summed E-state index contributed by atoms with van der Waals surface area (Å²) in [5, 5.41) is 9.72. The summed E-state index contributed by atoms with van der Waals surface area (Å²) in [4.78, 5) is 12.4. The smallest absolute Gasteiger partial charge is 0.319 e. The molecule has 0 heterocycles. The molecule has 2 unspecified atom stereocenters. The van der Waals surface area contributed by atoms with Gasteiger partial charge in [-0.2, -0.15) is 0 Å². The number of rotatable bonds is 4. The Morgan fingerprint density at radius 3 is 2.76 bits per heavy atom. The number of carbonyl (C=O) groups excluding carboxylic acids is 1. The van der Waals surface area contributed by atoms with Crippen LogP contribution in [0.3, 0.4) is 0 Å². The lowest BCUT2D eigenvalue weighted by atomic mass is 9.72. The summed E-state index contributed by atoms with van der Waals surface area (Å²) in [5.74, 6) is -0.0743. The Morgan fingerprint density at radius 2 is 2.14 bits per heavy atom. The number of hydrogen-bond acceptors (Lipinski definition) is 4. The number of aromatic hydroxyl groups is 1. The number of methoxy groups -OCH3 is 1. The number of esters is 1. The van der Waals surface area contributed by atoms with Crippen molar-refractivity contribution in [1.29, 1.82) is 0 Å². The number of carbonyl (C=O) groups is 1. The minimum atomic E-state index is -0.336. The molecule has 0 aromatic heterocycles. The van der Waals surface area contributed by atoms with Crippen LogP contribution in [0.4, 0.5) is 0 Å². The lowest BCUT2D eigenvalue weighted by molar-refractivity contribution is -0.140. The van der Waals surface area contributed by atoms with Gasteiger partial charge in [0.25, 0.3) is 0 Å². The molecule has 112 valence electrons. The monoisotopic (exact) mass is 288 g/mol. The van der Waals surface area contributed by atoms with Crippen LogP contribution in [0, 0.1) is 11.3 Å². The number of hydrogen-bond donors (Lipinski definition) is 1. The maximum absolute atomic E-state index is 12.4. The second-order valence-electron chi connectivity index (χ2n) is 5.34. The lowest BCUT2D eigenvalue weighted by Gasteiger charge is -2.32. The number of benzene rings is 1. The third kappa shape index (κ3) is 3.10. The maximum atomic E-state index is 12.4. The second kappa shape index (κ2) is 6.04. The van der Waals surface area contributed by atoms with Crippen molar-refractivity contribution in [3.63, 3.8) is 0 Å². The Balaban J connectivity index is 2.16. The Labute approximate surface area is 124 Å². The van der Waals surface area contributed by atoms with Crippen molar-refractivity contribution in [2.45, 2.75) is 20.3 Å². The van der Waals surface area contributed by atoms with Gasteiger partial charge in [-0.15, -0.1) is 0 Å². The van der Waals surface area contributed by atoms with Gasteiger partial charge in [-0.1, -0.05) is 38.2 Å². The molecule has 4 nitrogen and oxygen atoms in total. The topological polar surface area (TPSA) is 55.8 Å². The summed E-state index contributed by atoms with van der Waals surface area (Å²) < 4.78 is 10.4. The molecule has 1 aliphatic carbocycles. The third-order valence-electron chi connectivity index (χ3n) is 3.99. The minimum Gasteiger partial charge on any atom is -0.504 e. The van der Waals surface area contributed by atoms with Gasteiger partial charge in [0.15, 0.2) is 11.5 Å². The molecule has 2 atom stereocenters. The quantitative estimate of drug-likeness (QED) is 0.681. The van der Waals surface area contributed by atoms with Crippen molar-refractivity contribution >= 4 is 5.97 Å². The second-order valence-corrected chi connectivity index (χ2v) is 5.34. The molecule has 1 aromatic rings. The standard InChI is InChI=1S/C17H20O4/c1-4-17(2)10-6-5-7-13(17)16(19)21-12-8-9-15(20-3)14(18)11-12/h5-11,13,18H,4H2,1-3H3. The molecule has 2 rings (SSSR count). The van der Waals surface area contributed by atoms with E-state index in [1.54, 1.807) is 12.1 Å². The number of phenols is 1. The zero-order chi connectivity index (χ0) is 15.5. The number of phenolic OH excluding ortho intramolecular Hbond substituents is 1. The first-order valence-corrected chi connectivity index (χ1v) is 6.95. The number of allylic oxidation sites excluding steroid dienone is 3. The molecule has 0 saturated heterocycles. The van der Waals surface area contributed by atoms with Crippen molar-refractivity contribution in [2.24, 2.45) is 11.3 Å². The van der Waals surface area contributed by atoms with Crippen LogP contribution < -0.4 is 9.47 Å². The van der Waals surface area contributed by atoms with Crippen LogP contribution in [0.15, 0.2) is 42.5 Å². The van der Waals surface area contributed by atoms with E-state index in [1.165, 1.54) is 13.2 Å². The van der Waals surface area contributed by atoms with Gasteiger partial charge in [-0.25, -0.2) is 0 Å². The van der Waals surface area contributed by atoms with E-state index in [0.717, 1.165) is 6.42 Å². The molecule has 0 amide bonds. The van der Waals surface area contributed by atoms with Gasteiger partial charge < -0.3 is 14.6 Å². The van der Waals surface area contributed by atoms with E-state index in [0.29, 0.717) is 11.5 Å². The van der Waals surface area contributed by atoms with Crippen molar-refractivity contribution in [1.82, 2.24) is 0 Å². The molecular weight excluding hydrogens is 268 g/mol. The molecule has 0 bridgehead atoms. The highest BCUT2D eigenvalue weighted by Crippen LogP contribution is 2.38. The van der Waals surface area contributed by atoms with Crippen LogP contribution >= 0.6 is 0 Å². The first-order valence-electron chi connectivity index (χ1n) is 6.95. The summed E-state index contributed by atoms with van der Waals surface area (Å²) in [7, 11) is 1.46. The third-order valence-corrected chi connectivity index (χ3v) is 3.99. The highest BCUT2D eigenvalue weighted by atomic mass is 16.5. The van der Waals surface area contributed by atoms with Crippen LogP contribution in [-0.2, 0) is 4.79 Å². The van der Waals surface area contributed by atoms with Gasteiger partial charge in [0, 0.05) is 11.5 Å². The lowest BCUT2D eigenvalue weighted by Crippen LogP contribution is -2.34. The summed E-state index contributed by atoms with van der Waals surface area (Å²) in [5.41, 5.74) is -0.250. The molecule has 0 aliphatic heterocycles. The Bertz CT molecular complexity index is 588. The van der Waals surface area contributed by atoms with Gasteiger partial charge in [0.2, 0.25) is 0 Å². The van der Waals surface area contributed by atoms with E-state index in [2.05, 4.69) is 0 Å². The van der Waals surface area contributed by atoms with Crippen molar-refractivity contribution in [2.75, 3.05) is 7.11 Å². The molecule has 0 spiro atoms. The van der Waals surface area contributed by atoms with Crippen LogP contribution in [0.2, 0.25) is 0 Å². The fourth-order valence-corrected chi connectivity index (χ4v) is 2.37. The minimum absolute atomic E-state index is 0.0554. The Morgan fingerprint density at radius 1 is 1.38 bits per heavy atom. The summed E-state index contributed by atoms with van der Waals surface area (Å²) in [6.45, 7) is 4.08. The molecule has 1 aliphatic rings. The predicted octanol–water partition coefficient (Wildman–Crippen LogP) is 3.46. The molecular formula is C17H20O4. The zero-order valence-electron chi connectivity index (χ0n) is 12.5. The Kier molecular flexibility index (Phi) is 4.36. The van der Waals surface area contributed by atoms with Crippen LogP contribution in [-0.4, -0.2) is 18.2 Å². The molecule has 1 aromatic carbocycles. The molecule has 0 saturated carbocycles. The molecule has 1 N–H and O–H groups in total. The van der Waals surface area contributed by atoms with Gasteiger partial charge in [-0.05, 0) is 18.6 Å². The van der Waals surface area contributed by atoms with Crippen molar-refractivity contribution < 1.29 is 19.4 Å². The predicted molar refractivity (Wildman–Crippen MR) is 80.5 cm³/mol. The first-order chi connectivity index (χ1) is 10.00. The SMILES string of the molecule is CCC1(C)C=CC=CC1C(=O)Oc1ccc(OC)c(O)c1. The molecule has 0 radical (unpaired) electrons. The average Bonchev–Trinajstić information content (AvgIpc) is 2.47. The number of ether oxygens (including phenoxy) is 2. The fourth-order valence-electron chi connectivity index (χ4n) is 2.37. The van der Waals surface area contributed by atoms with Crippen molar-refractivity contribution in [3.05, 3.63) is 42.5 Å². The normalized spacial score (nSPS) is 23.9. The summed E-state index contributed by atoms with van der Waals surface area (Å²) >= 11 is 0. The molecule has 21 heavy (non-hydrogen) atoms. The fraction of sp³-hybridized carbons (Fsp3) is 0.353. The van der Waals surface area contributed by atoms with E-state index in [4.69, 9.17) is 9.47 Å². The van der Waals surface area contributed by atoms with Crippen LogP contribution in [0.25, 0.3) is 0 Å². The summed E-state index contributed by atoms with van der Waals surface area (Å²) in [6, 6.07) is 4.54. The zero-order valence-corrected chi connectivity index (χ0v) is 12.5. The van der Waals surface area contributed by atoms with E-state index < -0.39 is 0 Å². The van der Waals surface area contributed by atoms with E-state index >= 15 is 0 Å². The molecule has 0 fully saturated rings. The van der Waals surface area contributed by atoms with Gasteiger partial charge in [0.1, 0.15) is 5.75 Å².